The molecule has 9 heteroatoms. The summed E-state index contributed by atoms with van der Waals surface area (Å²) in [5.41, 5.74) is 1.77. The normalized spacial score (nSPS) is 20.5. The van der Waals surface area contributed by atoms with Crippen LogP contribution in [0.4, 0.5) is 11.6 Å². The second-order valence-corrected chi connectivity index (χ2v) is 9.27. The molecule has 0 saturated carbocycles. The van der Waals surface area contributed by atoms with E-state index in [0.717, 1.165) is 67.3 Å². The van der Waals surface area contributed by atoms with Gasteiger partial charge >= 0.3 is 0 Å². The van der Waals surface area contributed by atoms with Crippen molar-refractivity contribution in [2.75, 3.05) is 43.0 Å². The van der Waals surface area contributed by atoms with E-state index >= 15 is 0 Å². The van der Waals surface area contributed by atoms with Crippen molar-refractivity contribution >= 4 is 22.6 Å². The number of hydrogen-bond acceptors (Lipinski definition) is 9. The molecule has 2 atom stereocenters. The average Bonchev–Trinajstić information content (AvgIpc) is 3.35. The standard InChI is InChI=1S/C26H29N7O2/c1-2-6-23-22(5-1)26(31-35-23)33-13-12-32-15-19(8-9-21(32)16-33)17-34-25-7-3-4-20(30-25)14-28-24-10-11-27-18-29-24/h1-7,10-11,18-19,21H,8-9,12-17H2,(H,27,28,29). The summed E-state index contributed by atoms with van der Waals surface area (Å²) in [4.78, 5) is 17.8. The minimum atomic E-state index is 0.510. The van der Waals surface area contributed by atoms with Crippen LogP contribution >= 0.6 is 0 Å². The average molecular weight is 472 g/mol. The molecule has 0 radical (unpaired) electrons. The maximum atomic E-state index is 6.12. The van der Waals surface area contributed by atoms with E-state index in [4.69, 9.17) is 9.26 Å². The van der Waals surface area contributed by atoms with E-state index in [1.165, 1.54) is 6.33 Å². The molecular formula is C26H29N7O2. The SMILES string of the molecule is c1cc(CNc2ccncn2)nc(OCC2CCC3CN(c4noc5ccccc45)CCN3C2)c1. The number of aromatic nitrogens is 4. The Morgan fingerprint density at radius 3 is 2.94 bits per heavy atom. The first-order chi connectivity index (χ1) is 17.3. The first-order valence-corrected chi connectivity index (χ1v) is 12.2. The highest BCUT2D eigenvalue weighted by Crippen LogP contribution is 2.31. The number of para-hydroxylation sites is 1. The molecule has 5 heterocycles. The molecule has 0 bridgehead atoms. The summed E-state index contributed by atoms with van der Waals surface area (Å²) < 4.78 is 11.7. The van der Waals surface area contributed by atoms with E-state index < -0.39 is 0 Å². The van der Waals surface area contributed by atoms with Gasteiger partial charge in [0.25, 0.3) is 0 Å². The third-order valence-electron chi connectivity index (χ3n) is 6.94. The number of piperidine rings is 1. The first kappa shape index (κ1) is 21.8. The van der Waals surface area contributed by atoms with Gasteiger partial charge in [-0.2, -0.15) is 0 Å². The molecule has 9 nitrogen and oxygen atoms in total. The number of benzene rings is 1. The largest absolute Gasteiger partial charge is 0.477 e. The van der Waals surface area contributed by atoms with Gasteiger partial charge in [0.15, 0.2) is 11.4 Å². The van der Waals surface area contributed by atoms with Crippen molar-refractivity contribution in [1.82, 2.24) is 25.0 Å². The van der Waals surface area contributed by atoms with Crippen molar-refractivity contribution in [1.29, 1.82) is 0 Å². The summed E-state index contributed by atoms with van der Waals surface area (Å²) in [5, 5.41) is 8.73. The summed E-state index contributed by atoms with van der Waals surface area (Å²) in [7, 11) is 0. The fourth-order valence-electron chi connectivity index (χ4n) is 5.10. The Balaban J connectivity index is 1.01. The predicted octanol–water partition coefficient (Wildman–Crippen LogP) is 3.60. The van der Waals surface area contributed by atoms with Crippen molar-refractivity contribution in [3.8, 4) is 5.88 Å². The Morgan fingerprint density at radius 1 is 1.03 bits per heavy atom. The van der Waals surface area contributed by atoms with Crippen molar-refractivity contribution in [2.45, 2.75) is 25.4 Å². The molecule has 180 valence electrons. The van der Waals surface area contributed by atoms with E-state index in [2.05, 4.69) is 41.3 Å². The maximum absolute atomic E-state index is 6.12. The molecule has 0 aliphatic carbocycles. The van der Waals surface area contributed by atoms with Crippen molar-refractivity contribution in [2.24, 2.45) is 5.92 Å². The minimum Gasteiger partial charge on any atom is -0.477 e. The topological polar surface area (TPSA) is 92.4 Å². The van der Waals surface area contributed by atoms with Gasteiger partial charge in [-0.3, -0.25) is 4.90 Å². The van der Waals surface area contributed by atoms with Crippen LogP contribution in [-0.4, -0.2) is 63.8 Å². The van der Waals surface area contributed by atoms with Gasteiger partial charge in [-0.1, -0.05) is 23.4 Å². The zero-order valence-corrected chi connectivity index (χ0v) is 19.6. The van der Waals surface area contributed by atoms with Crippen molar-refractivity contribution in [3.63, 3.8) is 0 Å². The van der Waals surface area contributed by atoms with Crippen molar-refractivity contribution in [3.05, 3.63) is 66.7 Å². The van der Waals surface area contributed by atoms with Crippen LogP contribution in [0.15, 0.2) is 65.6 Å². The van der Waals surface area contributed by atoms with Gasteiger partial charge in [-0.05, 0) is 37.1 Å². The first-order valence-electron chi connectivity index (χ1n) is 12.2. The Hall–Kier alpha value is -3.72. The quantitative estimate of drug-likeness (QED) is 0.434. The third-order valence-corrected chi connectivity index (χ3v) is 6.94. The molecule has 2 unspecified atom stereocenters. The number of anilines is 2. The lowest BCUT2D eigenvalue weighted by molar-refractivity contribution is 0.0716. The van der Waals surface area contributed by atoms with Gasteiger partial charge in [0.2, 0.25) is 5.88 Å². The second kappa shape index (κ2) is 9.87. The molecule has 4 aromatic rings. The maximum Gasteiger partial charge on any atom is 0.213 e. The number of nitrogens with one attached hydrogen (secondary N) is 1. The lowest BCUT2D eigenvalue weighted by Gasteiger charge is -2.46. The summed E-state index contributed by atoms with van der Waals surface area (Å²) in [5.74, 6) is 2.94. The van der Waals surface area contributed by atoms with Gasteiger partial charge < -0.3 is 19.5 Å². The summed E-state index contributed by atoms with van der Waals surface area (Å²) in [6.45, 7) is 5.33. The van der Waals surface area contributed by atoms with Crippen LogP contribution in [0.2, 0.25) is 0 Å². The van der Waals surface area contributed by atoms with Crippen LogP contribution in [-0.2, 0) is 6.54 Å². The zero-order chi connectivity index (χ0) is 23.5. The molecular weight excluding hydrogens is 442 g/mol. The molecule has 3 aromatic heterocycles. The van der Waals surface area contributed by atoms with Gasteiger partial charge in [0.05, 0.1) is 24.2 Å². The Labute approximate surface area is 204 Å². The molecule has 35 heavy (non-hydrogen) atoms. The third kappa shape index (κ3) is 4.90. The number of rotatable bonds is 7. The monoisotopic (exact) mass is 471 g/mol. The molecule has 2 fully saturated rings. The van der Waals surface area contributed by atoms with Crippen LogP contribution in [0.25, 0.3) is 11.0 Å². The highest BCUT2D eigenvalue weighted by molar-refractivity contribution is 5.88. The molecule has 1 aromatic carbocycles. The molecule has 0 amide bonds. The van der Waals surface area contributed by atoms with Crippen molar-refractivity contribution < 1.29 is 9.26 Å². The number of ether oxygens (including phenoxy) is 1. The highest BCUT2D eigenvalue weighted by atomic mass is 16.5. The molecule has 0 spiro atoms. The van der Waals surface area contributed by atoms with E-state index in [-0.39, 0.29) is 0 Å². The predicted molar refractivity (Wildman–Crippen MR) is 133 cm³/mol. The number of pyridine rings is 1. The van der Waals surface area contributed by atoms with Crippen LogP contribution in [0.5, 0.6) is 5.88 Å². The number of nitrogens with zero attached hydrogens (tertiary/aromatic N) is 6. The highest BCUT2D eigenvalue weighted by Gasteiger charge is 2.34. The van der Waals surface area contributed by atoms with Crippen LogP contribution < -0.4 is 15.0 Å². The molecule has 2 saturated heterocycles. The lowest BCUT2D eigenvalue weighted by Crippen LogP contribution is -2.57. The fourth-order valence-corrected chi connectivity index (χ4v) is 5.10. The summed E-state index contributed by atoms with van der Waals surface area (Å²) >= 11 is 0. The van der Waals surface area contributed by atoms with E-state index in [0.29, 0.717) is 31.0 Å². The van der Waals surface area contributed by atoms with Crippen LogP contribution in [0.1, 0.15) is 18.5 Å². The Morgan fingerprint density at radius 2 is 2.00 bits per heavy atom. The number of fused-ring (bicyclic) bond motifs is 2. The van der Waals surface area contributed by atoms with Gasteiger partial charge in [0, 0.05) is 50.4 Å². The second-order valence-electron chi connectivity index (χ2n) is 9.27. The zero-order valence-electron chi connectivity index (χ0n) is 19.6. The molecule has 2 aliphatic heterocycles. The minimum absolute atomic E-state index is 0.510. The lowest BCUT2D eigenvalue weighted by atomic mass is 9.91. The summed E-state index contributed by atoms with van der Waals surface area (Å²) in [6.07, 6.45) is 5.56. The van der Waals surface area contributed by atoms with E-state index in [1.54, 1.807) is 6.20 Å². The van der Waals surface area contributed by atoms with E-state index in [1.807, 2.05) is 42.5 Å². The van der Waals surface area contributed by atoms with Crippen LogP contribution in [0.3, 0.4) is 0 Å². The van der Waals surface area contributed by atoms with Gasteiger partial charge in [0.1, 0.15) is 12.1 Å². The van der Waals surface area contributed by atoms with Gasteiger partial charge in [-0.25, -0.2) is 15.0 Å². The smallest absolute Gasteiger partial charge is 0.213 e. The Kier molecular flexibility index (Phi) is 6.15. The number of hydrogen-bond donors (Lipinski definition) is 1. The summed E-state index contributed by atoms with van der Waals surface area (Å²) in [6, 6.07) is 16.4. The molecule has 1 N–H and O–H groups in total. The molecule has 2 aliphatic rings. The van der Waals surface area contributed by atoms with Gasteiger partial charge in [-0.15, -0.1) is 0 Å². The van der Waals surface area contributed by atoms with E-state index in [9.17, 15) is 0 Å². The molecule has 6 rings (SSSR count). The van der Waals surface area contributed by atoms with Crippen LogP contribution in [0, 0.1) is 5.92 Å². The fraction of sp³-hybridized carbons (Fsp3) is 0.385. The Bertz CT molecular complexity index is 1260. The number of piperazine rings is 1.